The third-order valence-corrected chi connectivity index (χ3v) is 2.42. The molecule has 0 amide bonds. The van der Waals surface area contributed by atoms with Crippen LogP contribution in [-0.2, 0) is 0 Å². The normalized spacial score (nSPS) is 11.1. The van der Waals surface area contributed by atoms with E-state index < -0.39 is 0 Å². The van der Waals surface area contributed by atoms with Crippen molar-refractivity contribution in [2.75, 3.05) is 0 Å². The van der Waals surface area contributed by atoms with Crippen LogP contribution in [0.2, 0.25) is 0 Å². The van der Waals surface area contributed by atoms with Gasteiger partial charge in [0.25, 0.3) is 0 Å². The van der Waals surface area contributed by atoms with Crippen molar-refractivity contribution in [2.24, 2.45) is 0 Å². The van der Waals surface area contributed by atoms with Crippen LogP contribution in [0.5, 0.6) is 0 Å². The first-order valence-electron chi connectivity index (χ1n) is 4.00. The molecule has 0 atom stereocenters. The van der Waals surface area contributed by atoms with Crippen LogP contribution in [0.1, 0.15) is 16.7 Å². The largest absolute Gasteiger partial charge is 0.243 e. The van der Waals surface area contributed by atoms with Crippen molar-refractivity contribution in [3.63, 3.8) is 0 Å². The summed E-state index contributed by atoms with van der Waals surface area (Å²) in [6.07, 6.45) is 0. The Morgan fingerprint density at radius 2 is 1.46 bits per heavy atom. The quantitative estimate of drug-likeness (QED) is 0.624. The van der Waals surface area contributed by atoms with Gasteiger partial charge in [0.15, 0.2) is 0 Å². The SMILES string of the molecule is Cc1c(F)c(C)c2nonc2c1C. The van der Waals surface area contributed by atoms with E-state index in [0.717, 1.165) is 5.56 Å². The first-order chi connectivity index (χ1) is 6.13. The number of aryl methyl sites for hydroxylation is 2. The molecule has 0 radical (unpaired) electrons. The van der Waals surface area contributed by atoms with E-state index in [1.54, 1.807) is 13.8 Å². The molecule has 2 rings (SSSR count). The molecule has 0 spiro atoms. The van der Waals surface area contributed by atoms with Crippen molar-refractivity contribution in [3.05, 3.63) is 22.5 Å². The fourth-order valence-electron chi connectivity index (χ4n) is 1.41. The Balaban J connectivity index is 3.02. The Labute approximate surface area is 74.5 Å². The van der Waals surface area contributed by atoms with Crippen LogP contribution in [0.15, 0.2) is 4.63 Å². The molecule has 0 aliphatic rings. The molecular weight excluding hydrogens is 171 g/mol. The average Bonchev–Trinajstić information content (AvgIpc) is 2.59. The molecule has 4 heteroatoms. The lowest BCUT2D eigenvalue weighted by Crippen LogP contribution is -1.94. The van der Waals surface area contributed by atoms with Gasteiger partial charge in [0.2, 0.25) is 0 Å². The zero-order valence-electron chi connectivity index (χ0n) is 7.68. The van der Waals surface area contributed by atoms with Crippen molar-refractivity contribution in [1.82, 2.24) is 10.3 Å². The van der Waals surface area contributed by atoms with E-state index in [2.05, 4.69) is 14.9 Å². The lowest BCUT2D eigenvalue weighted by atomic mass is 10.0. The van der Waals surface area contributed by atoms with Crippen LogP contribution in [0.4, 0.5) is 4.39 Å². The highest BCUT2D eigenvalue weighted by atomic mass is 19.1. The number of hydrogen-bond donors (Lipinski definition) is 0. The smallest absolute Gasteiger partial charge is 0.141 e. The fraction of sp³-hybridized carbons (Fsp3) is 0.333. The van der Waals surface area contributed by atoms with E-state index in [9.17, 15) is 4.39 Å². The summed E-state index contributed by atoms with van der Waals surface area (Å²) in [6, 6.07) is 0. The number of aromatic nitrogens is 2. The predicted octanol–water partition coefficient (Wildman–Crippen LogP) is 2.29. The summed E-state index contributed by atoms with van der Waals surface area (Å²) in [7, 11) is 0. The molecule has 0 fully saturated rings. The van der Waals surface area contributed by atoms with Gasteiger partial charge in [-0.3, -0.25) is 0 Å². The summed E-state index contributed by atoms with van der Waals surface area (Å²) in [5.74, 6) is -0.222. The molecule has 0 N–H and O–H groups in total. The van der Waals surface area contributed by atoms with Crippen molar-refractivity contribution in [2.45, 2.75) is 20.8 Å². The molecule has 0 unspecified atom stereocenters. The number of rotatable bonds is 0. The summed E-state index contributed by atoms with van der Waals surface area (Å²) < 4.78 is 18.1. The molecule has 3 nitrogen and oxygen atoms in total. The Morgan fingerprint density at radius 1 is 0.923 bits per heavy atom. The van der Waals surface area contributed by atoms with Gasteiger partial charge in [-0.1, -0.05) is 0 Å². The van der Waals surface area contributed by atoms with Gasteiger partial charge in [-0.2, -0.15) is 0 Å². The van der Waals surface area contributed by atoms with Crippen LogP contribution in [0.3, 0.4) is 0 Å². The van der Waals surface area contributed by atoms with E-state index in [1.165, 1.54) is 0 Å². The maximum atomic E-state index is 13.5. The average molecular weight is 180 g/mol. The van der Waals surface area contributed by atoms with Gasteiger partial charge >= 0.3 is 0 Å². The molecule has 1 aromatic heterocycles. The third kappa shape index (κ3) is 0.946. The van der Waals surface area contributed by atoms with Gasteiger partial charge in [0, 0.05) is 5.56 Å². The summed E-state index contributed by atoms with van der Waals surface area (Å²) in [5, 5.41) is 7.38. The summed E-state index contributed by atoms with van der Waals surface area (Å²) in [6.45, 7) is 5.21. The Morgan fingerprint density at radius 3 is 2.08 bits per heavy atom. The Hall–Kier alpha value is -1.45. The summed E-state index contributed by atoms with van der Waals surface area (Å²) in [4.78, 5) is 0. The van der Waals surface area contributed by atoms with Crippen LogP contribution in [-0.4, -0.2) is 10.3 Å². The molecule has 0 aliphatic carbocycles. The van der Waals surface area contributed by atoms with Gasteiger partial charge < -0.3 is 0 Å². The standard InChI is InChI=1S/C9H9FN2O/c1-4-5(2)8-9(12-13-11-8)6(3)7(4)10/h1-3H3. The van der Waals surface area contributed by atoms with Gasteiger partial charge in [-0.15, -0.1) is 0 Å². The molecule has 13 heavy (non-hydrogen) atoms. The topological polar surface area (TPSA) is 38.9 Å². The maximum Gasteiger partial charge on any atom is 0.141 e. The molecule has 2 aromatic rings. The second-order valence-electron chi connectivity index (χ2n) is 3.15. The first-order valence-corrected chi connectivity index (χ1v) is 4.00. The number of fused-ring (bicyclic) bond motifs is 1. The number of halogens is 1. The lowest BCUT2D eigenvalue weighted by molar-refractivity contribution is 0.315. The minimum absolute atomic E-state index is 0.222. The molecular formula is C9H9FN2O. The molecule has 1 heterocycles. The van der Waals surface area contributed by atoms with Gasteiger partial charge in [0.05, 0.1) is 0 Å². The predicted molar refractivity (Wildman–Crippen MR) is 46.0 cm³/mol. The minimum Gasteiger partial charge on any atom is -0.243 e. The van der Waals surface area contributed by atoms with Crippen LogP contribution >= 0.6 is 0 Å². The van der Waals surface area contributed by atoms with Gasteiger partial charge in [-0.05, 0) is 42.2 Å². The van der Waals surface area contributed by atoms with Crippen molar-refractivity contribution >= 4 is 11.0 Å². The number of hydrogen-bond acceptors (Lipinski definition) is 3. The van der Waals surface area contributed by atoms with E-state index in [-0.39, 0.29) is 5.82 Å². The van der Waals surface area contributed by atoms with Crippen LogP contribution < -0.4 is 0 Å². The van der Waals surface area contributed by atoms with Crippen molar-refractivity contribution < 1.29 is 9.02 Å². The highest BCUT2D eigenvalue weighted by Gasteiger charge is 2.15. The summed E-state index contributed by atoms with van der Waals surface area (Å²) in [5.41, 5.74) is 3.07. The minimum atomic E-state index is -0.222. The number of benzene rings is 1. The van der Waals surface area contributed by atoms with E-state index in [4.69, 9.17) is 0 Å². The summed E-state index contributed by atoms with van der Waals surface area (Å²) >= 11 is 0. The van der Waals surface area contributed by atoms with Gasteiger partial charge in [0.1, 0.15) is 16.9 Å². The van der Waals surface area contributed by atoms with E-state index >= 15 is 0 Å². The monoisotopic (exact) mass is 180 g/mol. The highest BCUT2D eigenvalue weighted by molar-refractivity contribution is 5.81. The highest BCUT2D eigenvalue weighted by Crippen LogP contribution is 2.25. The molecule has 0 aliphatic heterocycles. The zero-order chi connectivity index (χ0) is 9.59. The van der Waals surface area contributed by atoms with E-state index in [0.29, 0.717) is 22.2 Å². The molecule has 0 saturated carbocycles. The molecule has 68 valence electrons. The fourth-order valence-corrected chi connectivity index (χ4v) is 1.41. The lowest BCUT2D eigenvalue weighted by Gasteiger charge is -2.03. The Kier molecular flexibility index (Phi) is 1.58. The Bertz CT molecular complexity index is 434. The van der Waals surface area contributed by atoms with Crippen LogP contribution in [0.25, 0.3) is 11.0 Å². The third-order valence-electron chi connectivity index (χ3n) is 2.42. The van der Waals surface area contributed by atoms with E-state index in [1.807, 2.05) is 6.92 Å². The van der Waals surface area contributed by atoms with Gasteiger partial charge in [-0.25, -0.2) is 9.02 Å². The first kappa shape index (κ1) is 8.16. The van der Waals surface area contributed by atoms with Crippen molar-refractivity contribution in [1.29, 1.82) is 0 Å². The second kappa shape index (κ2) is 2.52. The number of nitrogens with zero attached hydrogens (tertiary/aromatic N) is 2. The zero-order valence-corrected chi connectivity index (χ0v) is 7.68. The molecule has 1 aromatic carbocycles. The van der Waals surface area contributed by atoms with Crippen LogP contribution in [0, 0.1) is 26.6 Å². The van der Waals surface area contributed by atoms with Crippen molar-refractivity contribution in [3.8, 4) is 0 Å². The maximum absolute atomic E-state index is 13.5. The molecule has 0 bridgehead atoms. The molecule has 0 saturated heterocycles. The second-order valence-corrected chi connectivity index (χ2v) is 3.15.